The molecule has 118 valence electrons. The lowest BCUT2D eigenvalue weighted by atomic mass is 10.0. The lowest BCUT2D eigenvalue weighted by molar-refractivity contribution is 0.0834. The van der Waals surface area contributed by atoms with E-state index in [4.69, 9.17) is 4.74 Å². The van der Waals surface area contributed by atoms with Crippen LogP contribution in [-0.2, 0) is 4.74 Å². The lowest BCUT2D eigenvalue weighted by Gasteiger charge is -2.27. The molecule has 0 radical (unpaired) electrons. The van der Waals surface area contributed by atoms with Crippen LogP contribution in [0.5, 0.6) is 0 Å². The SMILES string of the molecule is CCC(C)N(CCOC)CC(=O)c1ccc(C(C)C)cc1. The van der Waals surface area contributed by atoms with Crippen molar-refractivity contribution in [3.05, 3.63) is 35.4 Å². The summed E-state index contributed by atoms with van der Waals surface area (Å²) in [6, 6.07) is 8.39. The summed E-state index contributed by atoms with van der Waals surface area (Å²) in [6.07, 6.45) is 1.03. The number of ketones is 1. The molecular weight excluding hydrogens is 262 g/mol. The van der Waals surface area contributed by atoms with E-state index < -0.39 is 0 Å². The van der Waals surface area contributed by atoms with Crippen LogP contribution in [0.25, 0.3) is 0 Å². The highest BCUT2D eigenvalue weighted by molar-refractivity contribution is 5.97. The first-order chi connectivity index (χ1) is 9.99. The summed E-state index contributed by atoms with van der Waals surface area (Å²) in [5, 5.41) is 0. The van der Waals surface area contributed by atoms with Gasteiger partial charge in [0.05, 0.1) is 13.2 Å². The minimum absolute atomic E-state index is 0.182. The number of carbonyl (C=O) groups is 1. The second kappa shape index (κ2) is 8.96. The molecule has 0 heterocycles. The van der Waals surface area contributed by atoms with Crippen molar-refractivity contribution in [3.63, 3.8) is 0 Å². The van der Waals surface area contributed by atoms with Crippen molar-refractivity contribution in [1.29, 1.82) is 0 Å². The van der Waals surface area contributed by atoms with Gasteiger partial charge < -0.3 is 4.74 Å². The molecule has 0 aromatic heterocycles. The van der Waals surface area contributed by atoms with Crippen molar-refractivity contribution in [1.82, 2.24) is 4.90 Å². The third kappa shape index (κ3) is 5.60. The molecule has 0 bridgehead atoms. The van der Waals surface area contributed by atoms with Gasteiger partial charge >= 0.3 is 0 Å². The fourth-order valence-electron chi connectivity index (χ4n) is 2.25. The lowest BCUT2D eigenvalue weighted by Crippen LogP contribution is -2.39. The molecule has 1 atom stereocenters. The minimum Gasteiger partial charge on any atom is -0.383 e. The smallest absolute Gasteiger partial charge is 0.176 e. The number of carbonyl (C=O) groups excluding carboxylic acids is 1. The van der Waals surface area contributed by atoms with Gasteiger partial charge in [0.1, 0.15) is 0 Å². The zero-order valence-electron chi connectivity index (χ0n) is 14.1. The molecule has 0 aliphatic rings. The Morgan fingerprint density at radius 3 is 2.29 bits per heavy atom. The molecule has 0 saturated heterocycles. The number of benzene rings is 1. The predicted octanol–water partition coefficient (Wildman–Crippen LogP) is 3.74. The fourth-order valence-corrected chi connectivity index (χ4v) is 2.25. The van der Waals surface area contributed by atoms with E-state index in [1.165, 1.54) is 5.56 Å². The monoisotopic (exact) mass is 291 g/mol. The first-order valence-corrected chi connectivity index (χ1v) is 7.85. The van der Waals surface area contributed by atoms with Gasteiger partial charge in [0.15, 0.2) is 5.78 Å². The molecule has 3 nitrogen and oxygen atoms in total. The third-order valence-electron chi connectivity index (χ3n) is 4.04. The highest BCUT2D eigenvalue weighted by atomic mass is 16.5. The first-order valence-electron chi connectivity index (χ1n) is 7.85. The highest BCUT2D eigenvalue weighted by Crippen LogP contribution is 2.15. The van der Waals surface area contributed by atoms with E-state index in [9.17, 15) is 4.79 Å². The molecule has 3 heteroatoms. The molecule has 0 amide bonds. The second-order valence-electron chi connectivity index (χ2n) is 5.92. The Hall–Kier alpha value is -1.19. The number of rotatable bonds is 9. The molecule has 0 fully saturated rings. The van der Waals surface area contributed by atoms with Gasteiger partial charge in [-0.15, -0.1) is 0 Å². The van der Waals surface area contributed by atoms with Crippen molar-refractivity contribution in [3.8, 4) is 0 Å². The topological polar surface area (TPSA) is 29.5 Å². The molecule has 0 aliphatic carbocycles. The summed E-state index contributed by atoms with van der Waals surface area (Å²) >= 11 is 0. The van der Waals surface area contributed by atoms with Gasteiger partial charge in [-0.25, -0.2) is 0 Å². The molecule has 0 saturated carbocycles. The number of Topliss-reactive ketones (excluding diaryl/α,β-unsaturated/α-hetero) is 1. The van der Waals surface area contributed by atoms with E-state index >= 15 is 0 Å². The zero-order valence-corrected chi connectivity index (χ0v) is 14.1. The molecule has 21 heavy (non-hydrogen) atoms. The first kappa shape index (κ1) is 17.9. The van der Waals surface area contributed by atoms with Gasteiger partial charge in [-0.3, -0.25) is 9.69 Å². The summed E-state index contributed by atoms with van der Waals surface area (Å²) < 4.78 is 5.14. The highest BCUT2D eigenvalue weighted by Gasteiger charge is 2.17. The molecule has 1 unspecified atom stereocenters. The van der Waals surface area contributed by atoms with E-state index in [2.05, 4.69) is 44.7 Å². The number of nitrogens with zero attached hydrogens (tertiary/aromatic N) is 1. The maximum Gasteiger partial charge on any atom is 0.176 e. The average molecular weight is 291 g/mol. The molecule has 1 aromatic rings. The van der Waals surface area contributed by atoms with Gasteiger partial charge in [-0.05, 0) is 24.8 Å². The Morgan fingerprint density at radius 2 is 1.81 bits per heavy atom. The molecule has 1 rings (SSSR count). The van der Waals surface area contributed by atoms with E-state index in [1.807, 2.05) is 12.1 Å². The van der Waals surface area contributed by atoms with Gasteiger partial charge in [-0.1, -0.05) is 45.0 Å². The van der Waals surface area contributed by atoms with Crippen LogP contribution in [0, 0.1) is 0 Å². The van der Waals surface area contributed by atoms with Crippen LogP contribution in [0.3, 0.4) is 0 Å². The van der Waals surface area contributed by atoms with Crippen LogP contribution in [0.1, 0.15) is 56.0 Å². The Kier molecular flexibility index (Phi) is 7.62. The van der Waals surface area contributed by atoms with Crippen LogP contribution >= 0.6 is 0 Å². The summed E-state index contributed by atoms with van der Waals surface area (Å²) in [5.74, 6) is 0.675. The standard InChI is InChI=1S/C18H29NO2/c1-6-15(4)19(11-12-21-5)13-18(20)17-9-7-16(8-10-17)14(2)3/h7-10,14-15H,6,11-13H2,1-5H3. The van der Waals surface area contributed by atoms with Crippen molar-refractivity contribution in [2.45, 2.75) is 46.1 Å². The summed E-state index contributed by atoms with van der Waals surface area (Å²) in [6.45, 7) is 10.5. The van der Waals surface area contributed by atoms with E-state index in [0.717, 1.165) is 18.5 Å². The van der Waals surface area contributed by atoms with E-state index in [-0.39, 0.29) is 5.78 Å². The quantitative estimate of drug-likeness (QED) is 0.649. The Balaban J connectivity index is 2.71. The predicted molar refractivity (Wildman–Crippen MR) is 88.1 cm³/mol. The number of hydrogen-bond donors (Lipinski definition) is 0. The molecular formula is C18H29NO2. The van der Waals surface area contributed by atoms with Crippen molar-refractivity contribution < 1.29 is 9.53 Å². The normalized spacial score (nSPS) is 12.9. The van der Waals surface area contributed by atoms with Crippen LogP contribution in [0.2, 0.25) is 0 Å². The Morgan fingerprint density at radius 1 is 1.19 bits per heavy atom. The number of methoxy groups -OCH3 is 1. The van der Waals surface area contributed by atoms with Crippen LogP contribution < -0.4 is 0 Å². The summed E-state index contributed by atoms with van der Waals surface area (Å²) in [4.78, 5) is 14.6. The Bertz CT molecular complexity index is 425. The molecule has 0 N–H and O–H groups in total. The molecule has 1 aromatic carbocycles. The average Bonchev–Trinajstić information content (AvgIpc) is 2.50. The number of hydrogen-bond acceptors (Lipinski definition) is 3. The van der Waals surface area contributed by atoms with Gasteiger partial charge in [-0.2, -0.15) is 0 Å². The zero-order chi connectivity index (χ0) is 15.8. The van der Waals surface area contributed by atoms with Crippen LogP contribution in [0.15, 0.2) is 24.3 Å². The maximum atomic E-state index is 12.4. The Labute approximate surface area is 129 Å². The van der Waals surface area contributed by atoms with E-state index in [0.29, 0.717) is 25.1 Å². The number of ether oxygens (including phenoxy) is 1. The maximum absolute atomic E-state index is 12.4. The van der Waals surface area contributed by atoms with Crippen LogP contribution in [-0.4, -0.2) is 43.5 Å². The summed E-state index contributed by atoms with van der Waals surface area (Å²) in [5.41, 5.74) is 2.06. The van der Waals surface area contributed by atoms with Crippen molar-refractivity contribution in [2.75, 3.05) is 26.8 Å². The molecule has 0 aliphatic heterocycles. The van der Waals surface area contributed by atoms with Crippen molar-refractivity contribution in [2.24, 2.45) is 0 Å². The third-order valence-corrected chi connectivity index (χ3v) is 4.04. The van der Waals surface area contributed by atoms with Crippen LogP contribution in [0.4, 0.5) is 0 Å². The minimum atomic E-state index is 0.182. The summed E-state index contributed by atoms with van der Waals surface area (Å²) in [7, 11) is 1.70. The van der Waals surface area contributed by atoms with Gasteiger partial charge in [0.25, 0.3) is 0 Å². The van der Waals surface area contributed by atoms with Gasteiger partial charge in [0, 0.05) is 25.3 Å². The largest absolute Gasteiger partial charge is 0.383 e. The van der Waals surface area contributed by atoms with Gasteiger partial charge in [0.2, 0.25) is 0 Å². The van der Waals surface area contributed by atoms with Crippen molar-refractivity contribution >= 4 is 5.78 Å². The second-order valence-corrected chi connectivity index (χ2v) is 5.92. The fraction of sp³-hybridized carbons (Fsp3) is 0.611. The van der Waals surface area contributed by atoms with E-state index in [1.54, 1.807) is 7.11 Å². The molecule has 0 spiro atoms.